The summed E-state index contributed by atoms with van der Waals surface area (Å²) in [5.74, 6) is -0.158. The van der Waals surface area contributed by atoms with Crippen LogP contribution in [0.1, 0.15) is 12.8 Å². The third kappa shape index (κ3) is 3.25. The van der Waals surface area contributed by atoms with E-state index in [0.717, 1.165) is 30.4 Å². The van der Waals surface area contributed by atoms with Crippen molar-refractivity contribution in [1.29, 1.82) is 0 Å². The van der Waals surface area contributed by atoms with Gasteiger partial charge < -0.3 is 10.7 Å². The Bertz CT molecular complexity index is 663. The normalized spacial score (nSPS) is 19.2. The second kappa shape index (κ2) is 6.15. The highest BCUT2D eigenvalue weighted by molar-refractivity contribution is 5.92. The number of aromatic amines is 1. The fourth-order valence-corrected chi connectivity index (χ4v) is 2.82. The number of piperidine rings is 1. The predicted octanol–water partition coefficient (Wildman–Crippen LogP) is 0.699. The van der Waals surface area contributed by atoms with Gasteiger partial charge in [-0.1, -0.05) is 12.1 Å². The van der Waals surface area contributed by atoms with E-state index < -0.39 is 0 Å². The summed E-state index contributed by atoms with van der Waals surface area (Å²) >= 11 is 0. The summed E-state index contributed by atoms with van der Waals surface area (Å²) in [6.45, 7) is 1.58. The number of fused-ring (bicyclic) bond motifs is 1. The van der Waals surface area contributed by atoms with Gasteiger partial charge in [-0.25, -0.2) is 4.98 Å². The third-order valence-corrected chi connectivity index (χ3v) is 3.92. The lowest BCUT2D eigenvalue weighted by atomic mass is 9.97. The Kier molecular flexibility index (Phi) is 4.06. The quantitative estimate of drug-likeness (QED) is 0.773. The standard InChI is InChI=1S/C15H19N5O2/c16-14(22)10-4-3-7-20(8-10)9-13(21)19-15-17-11-5-1-2-6-12(11)18-15/h1-2,5-6,10H,3-4,7-9H2,(H2,16,22)(H2,17,18,19,21)/t10-/m0/s1. The fraction of sp³-hybridized carbons (Fsp3) is 0.400. The number of nitrogens with two attached hydrogens (primary N) is 1. The molecule has 1 aromatic carbocycles. The van der Waals surface area contributed by atoms with Gasteiger partial charge in [-0.15, -0.1) is 0 Å². The van der Waals surface area contributed by atoms with Crippen molar-refractivity contribution in [3.05, 3.63) is 24.3 Å². The molecule has 1 aliphatic rings. The molecule has 0 unspecified atom stereocenters. The summed E-state index contributed by atoms with van der Waals surface area (Å²) in [5, 5.41) is 2.76. The van der Waals surface area contributed by atoms with Crippen LogP contribution in [0.25, 0.3) is 11.0 Å². The van der Waals surface area contributed by atoms with Crippen molar-refractivity contribution in [1.82, 2.24) is 14.9 Å². The molecule has 2 heterocycles. The summed E-state index contributed by atoms with van der Waals surface area (Å²) in [6.07, 6.45) is 1.68. The molecule has 0 spiro atoms. The maximum Gasteiger partial charge on any atom is 0.240 e. The highest BCUT2D eigenvalue weighted by atomic mass is 16.2. The molecule has 4 N–H and O–H groups in total. The topological polar surface area (TPSA) is 104 Å². The lowest BCUT2D eigenvalue weighted by molar-refractivity contribution is -0.125. The zero-order chi connectivity index (χ0) is 15.5. The van der Waals surface area contributed by atoms with Crippen molar-refractivity contribution >= 4 is 28.8 Å². The van der Waals surface area contributed by atoms with Crippen molar-refractivity contribution in [2.45, 2.75) is 12.8 Å². The van der Waals surface area contributed by atoms with E-state index >= 15 is 0 Å². The lowest BCUT2D eigenvalue weighted by Crippen LogP contribution is -2.44. The molecule has 7 heteroatoms. The van der Waals surface area contributed by atoms with Gasteiger partial charge >= 0.3 is 0 Å². The Hall–Kier alpha value is -2.41. The molecule has 3 rings (SSSR count). The van der Waals surface area contributed by atoms with Crippen molar-refractivity contribution in [3.63, 3.8) is 0 Å². The maximum absolute atomic E-state index is 12.1. The lowest BCUT2D eigenvalue weighted by Gasteiger charge is -2.30. The summed E-state index contributed by atoms with van der Waals surface area (Å²) < 4.78 is 0. The molecule has 1 aliphatic heterocycles. The largest absolute Gasteiger partial charge is 0.369 e. The molecule has 0 bridgehead atoms. The molecule has 2 amide bonds. The molecule has 1 fully saturated rings. The number of aromatic nitrogens is 2. The third-order valence-electron chi connectivity index (χ3n) is 3.92. The van der Waals surface area contributed by atoms with E-state index in [4.69, 9.17) is 5.73 Å². The molecular weight excluding hydrogens is 282 g/mol. The number of H-pyrrole nitrogens is 1. The Balaban J connectivity index is 1.59. The van der Waals surface area contributed by atoms with Crippen LogP contribution in [0.2, 0.25) is 0 Å². The van der Waals surface area contributed by atoms with Crippen LogP contribution in [-0.2, 0) is 9.59 Å². The van der Waals surface area contributed by atoms with Gasteiger partial charge in [0.25, 0.3) is 0 Å². The Labute approximate surface area is 127 Å². The van der Waals surface area contributed by atoms with Crippen molar-refractivity contribution in [2.24, 2.45) is 11.7 Å². The summed E-state index contributed by atoms with van der Waals surface area (Å²) in [6, 6.07) is 7.58. The Morgan fingerprint density at radius 3 is 3.00 bits per heavy atom. The van der Waals surface area contributed by atoms with Crippen molar-refractivity contribution < 1.29 is 9.59 Å². The maximum atomic E-state index is 12.1. The molecule has 1 aromatic heterocycles. The molecule has 7 nitrogen and oxygen atoms in total. The van der Waals surface area contributed by atoms with E-state index in [-0.39, 0.29) is 24.3 Å². The molecule has 0 saturated carbocycles. The monoisotopic (exact) mass is 301 g/mol. The average molecular weight is 301 g/mol. The first-order chi connectivity index (χ1) is 10.6. The number of carbonyl (C=O) groups is 2. The van der Waals surface area contributed by atoms with Gasteiger partial charge in [0, 0.05) is 6.54 Å². The van der Waals surface area contributed by atoms with Crippen LogP contribution in [0.5, 0.6) is 0 Å². The number of benzene rings is 1. The number of amides is 2. The Morgan fingerprint density at radius 2 is 2.23 bits per heavy atom. The molecule has 1 saturated heterocycles. The van der Waals surface area contributed by atoms with Gasteiger partial charge in [0.05, 0.1) is 23.5 Å². The Morgan fingerprint density at radius 1 is 1.41 bits per heavy atom. The SMILES string of the molecule is NC(=O)[C@H]1CCCN(CC(=O)Nc2nc3ccccc3[nH]2)C1. The van der Waals surface area contributed by atoms with Crippen LogP contribution in [0.4, 0.5) is 5.95 Å². The van der Waals surface area contributed by atoms with Gasteiger partial charge in [0.2, 0.25) is 17.8 Å². The number of anilines is 1. The minimum absolute atomic E-state index is 0.149. The molecular formula is C15H19N5O2. The van der Waals surface area contributed by atoms with E-state index in [1.54, 1.807) is 0 Å². The molecule has 116 valence electrons. The number of primary amides is 1. The summed E-state index contributed by atoms with van der Waals surface area (Å²) in [4.78, 5) is 32.7. The van der Waals surface area contributed by atoms with Crippen LogP contribution >= 0.6 is 0 Å². The second-order valence-electron chi connectivity index (χ2n) is 5.63. The van der Waals surface area contributed by atoms with E-state index in [2.05, 4.69) is 15.3 Å². The van der Waals surface area contributed by atoms with E-state index in [1.807, 2.05) is 29.2 Å². The van der Waals surface area contributed by atoms with E-state index in [0.29, 0.717) is 12.5 Å². The fourth-order valence-electron chi connectivity index (χ4n) is 2.82. The van der Waals surface area contributed by atoms with Gasteiger partial charge in [-0.05, 0) is 31.5 Å². The van der Waals surface area contributed by atoms with Crippen molar-refractivity contribution in [3.8, 4) is 0 Å². The molecule has 1 atom stereocenters. The first-order valence-corrected chi connectivity index (χ1v) is 7.38. The van der Waals surface area contributed by atoms with Crippen molar-refractivity contribution in [2.75, 3.05) is 25.0 Å². The highest BCUT2D eigenvalue weighted by Gasteiger charge is 2.25. The summed E-state index contributed by atoms with van der Waals surface area (Å²) in [5.41, 5.74) is 7.03. The van der Waals surface area contributed by atoms with Crippen LogP contribution in [-0.4, -0.2) is 46.3 Å². The molecule has 0 radical (unpaired) electrons. The first kappa shape index (κ1) is 14.5. The number of nitrogens with zero attached hydrogens (tertiary/aromatic N) is 2. The summed E-state index contributed by atoms with van der Waals surface area (Å²) in [7, 11) is 0. The first-order valence-electron chi connectivity index (χ1n) is 7.38. The number of imidazole rings is 1. The van der Waals surface area contributed by atoms with E-state index in [9.17, 15) is 9.59 Å². The van der Waals surface area contributed by atoms with Crippen LogP contribution in [0.15, 0.2) is 24.3 Å². The van der Waals surface area contributed by atoms with E-state index in [1.165, 1.54) is 0 Å². The zero-order valence-corrected chi connectivity index (χ0v) is 12.2. The van der Waals surface area contributed by atoms with Crippen LogP contribution in [0, 0.1) is 5.92 Å². The smallest absolute Gasteiger partial charge is 0.240 e. The minimum Gasteiger partial charge on any atom is -0.369 e. The minimum atomic E-state index is -0.289. The number of carbonyl (C=O) groups excluding carboxylic acids is 2. The zero-order valence-electron chi connectivity index (χ0n) is 12.2. The number of likely N-dealkylation sites (tertiary alicyclic amines) is 1. The van der Waals surface area contributed by atoms with Crippen LogP contribution < -0.4 is 11.1 Å². The number of hydrogen-bond acceptors (Lipinski definition) is 4. The number of hydrogen-bond donors (Lipinski definition) is 3. The highest BCUT2D eigenvalue weighted by Crippen LogP contribution is 2.16. The number of para-hydroxylation sites is 2. The van der Waals surface area contributed by atoms with Gasteiger partial charge in [0.15, 0.2) is 0 Å². The van der Waals surface area contributed by atoms with Gasteiger partial charge in [0.1, 0.15) is 0 Å². The number of rotatable bonds is 4. The average Bonchev–Trinajstić information content (AvgIpc) is 2.89. The second-order valence-corrected chi connectivity index (χ2v) is 5.63. The van der Waals surface area contributed by atoms with Crippen LogP contribution in [0.3, 0.4) is 0 Å². The molecule has 22 heavy (non-hydrogen) atoms. The number of nitrogens with one attached hydrogen (secondary N) is 2. The van der Waals surface area contributed by atoms with Gasteiger partial charge in [-0.3, -0.25) is 19.8 Å². The molecule has 0 aliphatic carbocycles. The van der Waals surface area contributed by atoms with Gasteiger partial charge in [-0.2, -0.15) is 0 Å². The predicted molar refractivity (Wildman–Crippen MR) is 83.1 cm³/mol. The molecule has 2 aromatic rings.